The Balaban J connectivity index is 1.62. The summed E-state index contributed by atoms with van der Waals surface area (Å²) in [5.41, 5.74) is 1.29. The molecule has 0 spiro atoms. The van der Waals surface area contributed by atoms with Gasteiger partial charge in [-0.3, -0.25) is 4.79 Å². The minimum Gasteiger partial charge on any atom is -0.496 e. The number of methoxy groups -OCH3 is 3. The highest BCUT2D eigenvalue weighted by Crippen LogP contribution is 2.35. The van der Waals surface area contributed by atoms with Crippen LogP contribution in [0.15, 0.2) is 79.4 Å². The maximum atomic E-state index is 13.6. The minimum absolute atomic E-state index is 0.216. The molecule has 2 heterocycles. The van der Waals surface area contributed by atoms with Gasteiger partial charge in [-0.25, -0.2) is 9.78 Å². The molecule has 40 heavy (non-hydrogen) atoms. The van der Waals surface area contributed by atoms with E-state index >= 15 is 0 Å². The van der Waals surface area contributed by atoms with E-state index < -0.39 is 12.1 Å². The first-order valence-electron chi connectivity index (χ1n) is 12.1. The molecular formula is C29H24BrN3O7. The molecule has 0 amide bonds. The summed E-state index contributed by atoms with van der Waals surface area (Å²) in [6.45, 7) is 1.57. The standard InChI is InChI=1S/C29H24BrN3O7/c1-16(29(35)38-4)39-25-14-20(30)17(12-24(25)37-3)15-31-33-27(32-21-9-6-5-8-18(21)28(33)34)26-13-19-22(36-2)10-7-11-23(19)40-26/h5-16H,1-4H3/t16-/m1/s1. The van der Waals surface area contributed by atoms with Crippen LogP contribution < -0.4 is 19.8 Å². The van der Waals surface area contributed by atoms with Crippen LogP contribution in [-0.2, 0) is 9.53 Å². The number of furan rings is 1. The van der Waals surface area contributed by atoms with Gasteiger partial charge in [0.25, 0.3) is 5.56 Å². The molecule has 204 valence electrons. The number of carbonyl (C=O) groups is 1. The van der Waals surface area contributed by atoms with Gasteiger partial charge in [0.2, 0.25) is 5.82 Å². The molecule has 1 atom stereocenters. The normalized spacial score (nSPS) is 12.1. The summed E-state index contributed by atoms with van der Waals surface area (Å²) >= 11 is 3.51. The van der Waals surface area contributed by atoms with Gasteiger partial charge in [0.1, 0.15) is 11.3 Å². The maximum absolute atomic E-state index is 13.6. The average molecular weight is 606 g/mol. The van der Waals surface area contributed by atoms with Crippen molar-refractivity contribution < 1.29 is 28.2 Å². The summed E-state index contributed by atoms with van der Waals surface area (Å²) in [5, 5.41) is 5.64. The molecule has 0 N–H and O–H groups in total. The highest BCUT2D eigenvalue weighted by atomic mass is 79.9. The van der Waals surface area contributed by atoms with Crippen molar-refractivity contribution in [3.05, 3.63) is 81.1 Å². The van der Waals surface area contributed by atoms with E-state index in [0.717, 1.165) is 5.39 Å². The number of benzene rings is 3. The van der Waals surface area contributed by atoms with Gasteiger partial charge in [-0.1, -0.05) is 18.2 Å². The molecule has 11 heteroatoms. The Hall–Kier alpha value is -4.64. The van der Waals surface area contributed by atoms with E-state index in [-0.39, 0.29) is 11.4 Å². The van der Waals surface area contributed by atoms with Crippen LogP contribution in [0.4, 0.5) is 0 Å². The minimum atomic E-state index is -0.849. The third kappa shape index (κ3) is 5.03. The lowest BCUT2D eigenvalue weighted by molar-refractivity contribution is -0.147. The molecule has 5 rings (SSSR count). The summed E-state index contributed by atoms with van der Waals surface area (Å²) in [5.74, 6) is 1.35. The number of hydrogen-bond acceptors (Lipinski definition) is 9. The fourth-order valence-corrected chi connectivity index (χ4v) is 4.56. The van der Waals surface area contributed by atoms with Crippen molar-refractivity contribution in [3.63, 3.8) is 0 Å². The van der Waals surface area contributed by atoms with E-state index in [2.05, 4.69) is 21.0 Å². The fourth-order valence-electron chi connectivity index (χ4n) is 4.14. The number of rotatable bonds is 8. The van der Waals surface area contributed by atoms with Gasteiger partial charge in [0, 0.05) is 10.0 Å². The molecule has 0 fully saturated rings. The second kappa shape index (κ2) is 11.2. The molecule has 5 aromatic rings. The summed E-state index contributed by atoms with van der Waals surface area (Å²) in [6.07, 6.45) is 0.641. The number of para-hydroxylation sites is 1. The fraction of sp³-hybridized carbons (Fsp3) is 0.172. The molecule has 0 aliphatic heterocycles. The zero-order valence-corrected chi connectivity index (χ0v) is 23.6. The van der Waals surface area contributed by atoms with Gasteiger partial charge in [0.05, 0.1) is 43.8 Å². The third-order valence-corrected chi connectivity index (χ3v) is 6.83. The molecule has 0 radical (unpaired) electrons. The smallest absolute Gasteiger partial charge is 0.346 e. The lowest BCUT2D eigenvalue weighted by Gasteiger charge is -2.16. The van der Waals surface area contributed by atoms with Crippen LogP contribution in [0.5, 0.6) is 17.2 Å². The van der Waals surface area contributed by atoms with Crippen LogP contribution in [0.25, 0.3) is 33.5 Å². The zero-order chi connectivity index (χ0) is 28.4. The van der Waals surface area contributed by atoms with Crippen molar-refractivity contribution in [1.82, 2.24) is 9.66 Å². The predicted octanol–water partition coefficient (Wildman–Crippen LogP) is 5.41. The average Bonchev–Trinajstić information content (AvgIpc) is 3.41. The Bertz CT molecular complexity index is 1830. The van der Waals surface area contributed by atoms with Gasteiger partial charge in [0.15, 0.2) is 23.4 Å². The van der Waals surface area contributed by atoms with Crippen molar-refractivity contribution >= 4 is 50.0 Å². The Morgan fingerprint density at radius 2 is 1.77 bits per heavy atom. The summed E-state index contributed by atoms with van der Waals surface area (Å²) in [6, 6.07) is 17.5. The number of ether oxygens (including phenoxy) is 4. The third-order valence-electron chi connectivity index (χ3n) is 6.15. The Morgan fingerprint density at radius 3 is 2.52 bits per heavy atom. The monoisotopic (exact) mass is 605 g/mol. The van der Waals surface area contributed by atoms with Gasteiger partial charge in [-0.2, -0.15) is 9.78 Å². The number of esters is 1. The van der Waals surface area contributed by atoms with Crippen LogP contribution in [0.1, 0.15) is 12.5 Å². The largest absolute Gasteiger partial charge is 0.496 e. The van der Waals surface area contributed by atoms with E-state index in [4.69, 9.17) is 28.3 Å². The maximum Gasteiger partial charge on any atom is 0.346 e. The zero-order valence-electron chi connectivity index (χ0n) is 22.0. The van der Waals surface area contributed by atoms with Crippen molar-refractivity contribution in [3.8, 4) is 28.8 Å². The van der Waals surface area contributed by atoms with Gasteiger partial charge in [-0.15, -0.1) is 0 Å². The first-order valence-corrected chi connectivity index (χ1v) is 12.9. The lowest BCUT2D eigenvalue weighted by Crippen LogP contribution is -2.25. The van der Waals surface area contributed by atoms with E-state index in [1.165, 1.54) is 25.1 Å². The second-order valence-electron chi connectivity index (χ2n) is 8.60. The Kier molecular flexibility index (Phi) is 7.56. The first-order chi connectivity index (χ1) is 19.3. The molecule has 10 nitrogen and oxygen atoms in total. The van der Waals surface area contributed by atoms with Crippen LogP contribution in [-0.4, -0.2) is 49.3 Å². The van der Waals surface area contributed by atoms with Crippen molar-refractivity contribution in [2.45, 2.75) is 13.0 Å². The number of carbonyl (C=O) groups excluding carboxylic acids is 1. The Labute approximate surface area is 236 Å². The Morgan fingerprint density at radius 1 is 1.00 bits per heavy atom. The molecule has 0 unspecified atom stereocenters. The van der Waals surface area contributed by atoms with Crippen molar-refractivity contribution in [1.29, 1.82) is 0 Å². The molecule has 0 aliphatic carbocycles. The number of nitrogens with zero attached hydrogens (tertiary/aromatic N) is 3. The molecule has 0 saturated heterocycles. The van der Waals surface area contributed by atoms with Crippen molar-refractivity contribution in [2.24, 2.45) is 5.10 Å². The van der Waals surface area contributed by atoms with Crippen LogP contribution in [0.3, 0.4) is 0 Å². The molecule has 2 aromatic heterocycles. The lowest BCUT2D eigenvalue weighted by atomic mass is 10.2. The second-order valence-corrected chi connectivity index (χ2v) is 9.46. The summed E-state index contributed by atoms with van der Waals surface area (Å²) in [7, 11) is 4.34. The van der Waals surface area contributed by atoms with E-state index in [1.807, 2.05) is 24.3 Å². The molecule has 3 aromatic carbocycles. The number of halogens is 1. The predicted molar refractivity (Wildman–Crippen MR) is 154 cm³/mol. The molecule has 0 saturated carbocycles. The first kappa shape index (κ1) is 26.9. The van der Waals surface area contributed by atoms with Crippen molar-refractivity contribution in [2.75, 3.05) is 21.3 Å². The van der Waals surface area contributed by atoms with Gasteiger partial charge >= 0.3 is 5.97 Å². The SMILES string of the molecule is COC(=O)[C@@H](C)Oc1cc(Br)c(C=Nn2c(-c3cc4c(OC)cccc4o3)nc3ccccc3c2=O)cc1OC. The van der Waals surface area contributed by atoms with E-state index in [0.29, 0.717) is 49.5 Å². The number of aromatic nitrogens is 2. The van der Waals surface area contributed by atoms with E-state index in [9.17, 15) is 9.59 Å². The summed E-state index contributed by atoms with van der Waals surface area (Å²) in [4.78, 5) is 30.1. The summed E-state index contributed by atoms with van der Waals surface area (Å²) < 4.78 is 29.2. The topological polar surface area (TPSA) is 114 Å². The molecule has 0 aliphatic rings. The highest BCUT2D eigenvalue weighted by Gasteiger charge is 2.20. The van der Waals surface area contributed by atoms with Crippen LogP contribution >= 0.6 is 15.9 Å². The highest BCUT2D eigenvalue weighted by molar-refractivity contribution is 9.10. The van der Waals surface area contributed by atoms with Crippen LogP contribution in [0.2, 0.25) is 0 Å². The quantitative estimate of drug-likeness (QED) is 0.170. The van der Waals surface area contributed by atoms with E-state index in [1.54, 1.807) is 50.4 Å². The molecule has 0 bridgehead atoms. The van der Waals surface area contributed by atoms with Crippen LogP contribution in [0, 0.1) is 0 Å². The van der Waals surface area contributed by atoms with Gasteiger partial charge < -0.3 is 23.4 Å². The number of fused-ring (bicyclic) bond motifs is 2. The number of hydrogen-bond donors (Lipinski definition) is 0. The van der Waals surface area contributed by atoms with Gasteiger partial charge in [-0.05, 0) is 65.3 Å². The molecular weight excluding hydrogens is 582 g/mol.